The van der Waals surface area contributed by atoms with Gasteiger partial charge in [-0.05, 0) is 62.1 Å². The molecule has 204 valence electrons. The maximum atomic E-state index is 14.8. The van der Waals surface area contributed by atoms with Crippen LogP contribution in [0.5, 0.6) is 0 Å². The number of ether oxygens (including phenoxy) is 1. The lowest BCUT2D eigenvalue weighted by Gasteiger charge is -2.28. The number of esters is 1. The van der Waals surface area contributed by atoms with Gasteiger partial charge in [0.15, 0.2) is 5.82 Å². The summed E-state index contributed by atoms with van der Waals surface area (Å²) in [5.41, 5.74) is 1.66. The Balaban J connectivity index is 1.42. The van der Waals surface area contributed by atoms with Gasteiger partial charge in [-0.25, -0.2) is 19.2 Å². The normalized spacial score (nSPS) is 17.6. The number of halogens is 1. The third-order valence-electron chi connectivity index (χ3n) is 7.75. The van der Waals surface area contributed by atoms with Gasteiger partial charge in [0.25, 0.3) is 0 Å². The molecule has 0 N–H and O–H groups in total. The van der Waals surface area contributed by atoms with Crippen LogP contribution >= 0.6 is 0 Å². The molecule has 0 unspecified atom stereocenters. The molecule has 37 heavy (non-hydrogen) atoms. The van der Waals surface area contributed by atoms with Crippen molar-refractivity contribution in [1.82, 2.24) is 9.97 Å². The van der Waals surface area contributed by atoms with E-state index in [1.165, 1.54) is 82.8 Å². The summed E-state index contributed by atoms with van der Waals surface area (Å²) >= 11 is 0. The number of hydrogen-bond donors (Lipinski definition) is 0. The predicted molar refractivity (Wildman–Crippen MR) is 149 cm³/mol. The molecule has 3 rings (SSSR count). The summed E-state index contributed by atoms with van der Waals surface area (Å²) in [4.78, 5) is 21.5. The molecule has 1 saturated carbocycles. The number of rotatable bonds is 16. The average Bonchev–Trinajstić information content (AvgIpc) is 2.91. The third kappa shape index (κ3) is 10.2. The smallest absolute Gasteiger partial charge is 0.341 e. The third-order valence-corrected chi connectivity index (χ3v) is 7.75. The van der Waals surface area contributed by atoms with Gasteiger partial charge in [-0.3, -0.25) is 0 Å². The second-order valence-corrected chi connectivity index (χ2v) is 10.9. The van der Waals surface area contributed by atoms with Crippen molar-refractivity contribution >= 4 is 5.97 Å². The molecule has 2 aromatic rings. The van der Waals surface area contributed by atoms with E-state index in [1.807, 2.05) is 12.4 Å². The van der Waals surface area contributed by atoms with Crippen molar-refractivity contribution in [1.29, 1.82) is 0 Å². The molecule has 1 aromatic carbocycles. The van der Waals surface area contributed by atoms with Gasteiger partial charge in [0.1, 0.15) is 11.9 Å². The lowest BCUT2D eigenvalue weighted by molar-refractivity contribution is 0.0156. The molecule has 1 aromatic heterocycles. The fourth-order valence-corrected chi connectivity index (χ4v) is 5.35. The maximum Gasteiger partial charge on any atom is 0.341 e. The molecule has 0 amide bonds. The average molecular weight is 511 g/mol. The van der Waals surface area contributed by atoms with E-state index >= 15 is 0 Å². The number of carbonyl (C=O) groups is 1. The van der Waals surface area contributed by atoms with Gasteiger partial charge in [0, 0.05) is 18.0 Å². The molecule has 5 heteroatoms. The second-order valence-electron chi connectivity index (χ2n) is 10.9. The van der Waals surface area contributed by atoms with Crippen LogP contribution in [0.1, 0.15) is 133 Å². The Bertz CT molecular complexity index is 923. The van der Waals surface area contributed by atoms with Crippen LogP contribution in [-0.2, 0) is 11.2 Å². The number of hydrogen-bond acceptors (Lipinski definition) is 4. The summed E-state index contributed by atoms with van der Waals surface area (Å²) in [5.74, 6) is 0.0625. The van der Waals surface area contributed by atoms with Crippen molar-refractivity contribution in [3.8, 4) is 11.4 Å². The number of aromatic nitrogens is 2. The van der Waals surface area contributed by atoms with Gasteiger partial charge in [-0.1, -0.05) is 90.5 Å². The highest BCUT2D eigenvalue weighted by atomic mass is 19.1. The summed E-state index contributed by atoms with van der Waals surface area (Å²) in [6.07, 6.45) is 23.9. The van der Waals surface area contributed by atoms with Crippen LogP contribution in [0.3, 0.4) is 0 Å². The fraction of sp³-hybridized carbons (Fsp3) is 0.656. The summed E-state index contributed by atoms with van der Waals surface area (Å²) in [6.45, 7) is 4.47. The molecule has 1 fully saturated rings. The van der Waals surface area contributed by atoms with Crippen molar-refractivity contribution in [2.24, 2.45) is 5.92 Å². The molecule has 0 saturated heterocycles. The van der Waals surface area contributed by atoms with Gasteiger partial charge in [0.2, 0.25) is 0 Å². The minimum atomic E-state index is -0.581. The van der Waals surface area contributed by atoms with Crippen molar-refractivity contribution in [2.45, 2.75) is 129 Å². The van der Waals surface area contributed by atoms with Crippen LogP contribution in [0, 0.1) is 11.7 Å². The van der Waals surface area contributed by atoms with E-state index in [2.05, 4.69) is 23.8 Å². The Morgan fingerprint density at radius 2 is 1.49 bits per heavy atom. The van der Waals surface area contributed by atoms with Crippen LogP contribution in [0.15, 0.2) is 30.6 Å². The van der Waals surface area contributed by atoms with Crippen LogP contribution in [0.4, 0.5) is 4.39 Å². The van der Waals surface area contributed by atoms with Crippen molar-refractivity contribution in [3.05, 3.63) is 47.5 Å². The molecule has 1 aliphatic rings. The molecule has 0 atom stereocenters. The maximum absolute atomic E-state index is 14.8. The predicted octanol–water partition coefficient (Wildman–Crippen LogP) is 9.26. The zero-order valence-corrected chi connectivity index (χ0v) is 23.2. The summed E-state index contributed by atoms with van der Waals surface area (Å²) in [5, 5.41) is 0. The largest absolute Gasteiger partial charge is 0.459 e. The van der Waals surface area contributed by atoms with Gasteiger partial charge in [-0.2, -0.15) is 0 Å². The number of benzene rings is 1. The molecular formula is C32H47FN2O2. The topological polar surface area (TPSA) is 52.1 Å². The Kier molecular flexibility index (Phi) is 13.1. The Morgan fingerprint density at radius 3 is 2.14 bits per heavy atom. The van der Waals surface area contributed by atoms with E-state index in [4.69, 9.17) is 4.74 Å². The first-order valence-electron chi connectivity index (χ1n) is 14.9. The van der Waals surface area contributed by atoms with E-state index < -0.39 is 11.8 Å². The van der Waals surface area contributed by atoms with Gasteiger partial charge >= 0.3 is 5.97 Å². The van der Waals surface area contributed by atoms with E-state index in [0.717, 1.165) is 50.0 Å². The second kappa shape index (κ2) is 16.5. The van der Waals surface area contributed by atoms with E-state index in [9.17, 15) is 9.18 Å². The van der Waals surface area contributed by atoms with Crippen molar-refractivity contribution in [3.63, 3.8) is 0 Å². The zero-order chi connectivity index (χ0) is 26.3. The van der Waals surface area contributed by atoms with Crippen molar-refractivity contribution < 1.29 is 13.9 Å². The highest BCUT2D eigenvalue weighted by molar-refractivity contribution is 5.90. The molecule has 1 aliphatic carbocycles. The SMILES string of the molecule is CCCCCCCCC1CCC(OC(=O)c2ccc(-c3ncc(CCCCCCC)cn3)cc2F)CC1. The minimum absolute atomic E-state index is 0.0124. The van der Waals surface area contributed by atoms with E-state index in [0.29, 0.717) is 11.4 Å². The van der Waals surface area contributed by atoms with Crippen LogP contribution < -0.4 is 0 Å². The first-order valence-corrected chi connectivity index (χ1v) is 14.9. The molecule has 4 nitrogen and oxygen atoms in total. The quantitative estimate of drug-likeness (QED) is 0.167. The Morgan fingerprint density at radius 1 is 0.865 bits per heavy atom. The molecule has 0 bridgehead atoms. The molecule has 0 radical (unpaired) electrons. The standard InChI is InChI=1S/C32H47FN2O2/c1-3-5-7-9-11-12-14-25-16-19-28(20-17-25)37-32(36)29-21-18-27(22-30(29)33)31-34-23-26(24-35-31)15-13-10-8-6-4-2/h18,21-25,28H,3-17,19-20H2,1-2H3. The lowest BCUT2D eigenvalue weighted by atomic mass is 9.84. The number of aryl methyl sites for hydroxylation is 1. The van der Waals surface area contributed by atoms with Crippen LogP contribution in [0.2, 0.25) is 0 Å². The van der Waals surface area contributed by atoms with Crippen molar-refractivity contribution in [2.75, 3.05) is 0 Å². The first-order chi connectivity index (χ1) is 18.1. The Labute approximate surface area is 223 Å². The summed E-state index contributed by atoms with van der Waals surface area (Å²) < 4.78 is 20.5. The van der Waals surface area contributed by atoms with Crippen LogP contribution in [0.25, 0.3) is 11.4 Å². The van der Waals surface area contributed by atoms with E-state index in [-0.39, 0.29) is 11.7 Å². The van der Waals surface area contributed by atoms with Crippen LogP contribution in [-0.4, -0.2) is 22.0 Å². The number of unbranched alkanes of at least 4 members (excludes halogenated alkanes) is 9. The van der Waals surface area contributed by atoms with Gasteiger partial charge < -0.3 is 4.74 Å². The number of nitrogens with zero attached hydrogens (tertiary/aromatic N) is 2. The highest BCUT2D eigenvalue weighted by Crippen LogP contribution is 2.31. The summed E-state index contributed by atoms with van der Waals surface area (Å²) in [6, 6.07) is 4.55. The monoisotopic (exact) mass is 510 g/mol. The fourth-order valence-electron chi connectivity index (χ4n) is 5.35. The lowest BCUT2D eigenvalue weighted by Crippen LogP contribution is -2.25. The zero-order valence-electron chi connectivity index (χ0n) is 23.2. The molecule has 0 aliphatic heterocycles. The minimum Gasteiger partial charge on any atom is -0.459 e. The number of carbonyl (C=O) groups excluding carboxylic acids is 1. The highest BCUT2D eigenvalue weighted by Gasteiger charge is 2.25. The molecule has 1 heterocycles. The molecule has 0 spiro atoms. The van der Waals surface area contributed by atoms with Gasteiger partial charge in [-0.15, -0.1) is 0 Å². The molecular weight excluding hydrogens is 463 g/mol. The Hall–Kier alpha value is -2.30. The first kappa shape index (κ1) is 29.3. The van der Waals surface area contributed by atoms with Gasteiger partial charge in [0.05, 0.1) is 5.56 Å². The summed E-state index contributed by atoms with van der Waals surface area (Å²) in [7, 11) is 0. The van der Waals surface area contributed by atoms with E-state index in [1.54, 1.807) is 6.07 Å².